The Labute approximate surface area is 161 Å². The molecule has 0 spiro atoms. The highest BCUT2D eigenvalue weighted by Crippen LogP contribution is 2.21. The minimum absolute atomic E-state index is 0.180. The van der Waals surface area contributed by atoms with Crippen molar-refractivity contribution in [1.29, 1.82) is 0 Å². The van der Waals surface area contributed by atoms with Crippen LogP contribution in [0.5, 0.6) is 0 Å². The molecular formula is C22H18N4O2. The summed E-state index contributed by atoms with van der Waals surface area (Å²) in [6, 6.07) is 25.6. The first-order chi connectivity index (χ1) is 13.7. The molecule has 0 bridgehead atoms. The zero-order chi connectivity index (χ0) is 19.3. The van der Waals surface area contributed by atoms with Gasteiger partial charge in [0.05, 0.1) is 5.69 Å². The van der Waals surface area contributed by atoms with E-state index in [1.807, 2.05) is 60.7 Å². The van der Waals surface area contributed by atoms with E-state index in [1.54, 1.807) is 24.3 Å². The van der Waals surface area contributed by atoms with Gasteiger partial charge in [-0.1, -0.05) is 36.4 Å². The maximum absolute atomic E-state index is 12.4. The van der Waals surface area contributed by atoms with Crippen molar-refractivity contribution in [3.05, 3.63) is 96.2 Å². The van der Waals surface area contributed by atoms with Crippen molar-refractivity contribution in [3.63, 3.8) is 0 Å². The zero-order valence-electron chi connectivity index (χ0n) is 14.9. The minimum Gasteiger partial charge on any atom is -0.350 e. The molecule has 0 atom stereocenters. The van der Waals surface area contributed by atoms with Crippen molar-refractivity contribution in [2.24, 2.45) is 0 Å². The lowest BCUT2D eigenvalue weighted by atomic mass is 10.2. The van der Waals surface area contributed by atoms with Crippen molar-refractivity contribution in [2.45, 2.75) is 0 Å². The number of H-pyrrole nitrogens is 1. The van der Waals surface area contributed by atoms with Crippen LogP contribution in [0.15, 0.2) is 84.9 Å². The molecule has 0 aliphatic rings. The summed E-state index contributed by atoms with van der Waals surface area (Å²) in [5.74, 6) is -0.463. The van der Waals surface area contributed by atoms with Crippen LogP contribution in [0.4, 0.5) is 11.4 Å². The summed E-state index contributed by atoms with van der Waals surface area (Å²) in [7, 11) is 0. The molecule has 2 amide bonds. The van der Waals surface area contributed by atoms with Crippen LogP contribution in [-0.4, -0.2) is 16.8 Å². The number of hydrogen-bond acceptors (Lipinski definition) is 3. The van der Waals surface area contributed by atoms with E-state index >= 15 is 0 Å². The first kappa shape index (κ1) is 17.4. The van der Waals surface area contributed by atoms with E-state index in [0.29, 0.717) is 16.9 Å². The summed E-state index contributed by atoms with van der Waals surface area (Å²) in [6.07, 6.45) is 0. The largest absolute Gasteiger partial charge is 0.350 e. The SMILES string of the molecule is O=C(Nc1ccc2[nH]c(C(=O)NNc3ccccc3)cc2c1)c1ccccc1. The van der Waals surface area contributed by atoms with Crippen molar-refractivity contribution in [3.8, 4) is 0 Å². The molecule has 0 aliphatic heterocycles. The van der Waals surface area contributed by atoms with Gasteiger partial charge >= 0.3 is 0 Å². The lowest BCUT2D eigenvalue weighted by molar-refractivity contribution is 0.0957. The van der Waals surface area contributed by atoms with E-state index in [2.05, 4.69) is 21.2 Å². The summed E-state index contributed by atoms with van der Waals surface area (Å²) in [4.78, 5) is 27.7. The van der Waals surface area contributed by atoms with Gasteiger partial charge < -0.3 is 10.3 Å². The Morgan fingerprint density at radius 2 is 1.43 bits per heavy atom. The lowest BCUT2D eigenvalue weighted by Crippen LogP contribution is -2.29. The molecule has 0 fully saturated rings. The number of carbonyl (C=O) groups excluding carboxylic acids is 2. The Bertz CT molecular complexity index is 1120. The van der Waals surface area contributed by atoms with Crippen molar-refractivity contribution in [1.82, 2.24) is 10.4 Å². The monoisotopic (exact) mass is 370 g/mol. The number of para-hydroxylation sites is 1. The smallest absolute Gasteiger partial charge is 0.286 e. The molecule has 28 heavy (non-hydrogen) atoms. The van der Waals surface area contributed by atoms with E-state index < -0.39 is 0 Å². The van der Waals surface area contributed by atoms with Crippen molar-refractivity contribution >= 4 is 34.1 Å². The highest BCUT2D eigenvalue weighted by atomic mass is 16.2. The van der Waals surface area contributed by atoms with Crippen LogP contribution in [0.1, 0.15) is 20.8 Å². The number of benzene rings is 3. The average Bonchev–Trinajstić information content (AvgIpc) is 3.17. The Morgan fingerprint density at radius 1 is 0.714 bits per heavy atom. The van der Waals surface area contributed by atoms with Crippen LogP contribution in [0.2, 0.25) is 0 Å². The number of hydrazine groups is 1. The Morgan fingerprint density at radius 3 is 2.18 bits per heavy atom. The second-order valence-corrected chi connectivity index (χ2v) is 6.25. The summed E-state index contributed by atoms with van der Waals surface area (Å²) in [6.45, 7) is 0. The summed E-state index contributed by atoms with van der Waals surface area (Å²) in [5.41, 5.74) is 8.79. The topological polar surface area (TPSA) is 86.0 Å². The number of amides is 2. The highest BCUT2D eigenvalue weighted by molar-refractivity contribution is 6.05. The highest BCUT2D eigenvalue weighted by Gasteiger charge is 2.11. The van der Waals surface area contributed by atoms with Crippen LogP contribution in [0.3, 0.4) is 0 Å². The van der Waals surface area contributed by atoms with E-state index in [4.69, 9.17) is 0 Å². The zero-order valence-corrected chi connectivity index (χ0v) is 14.9. The summed E-state index contributed by atoms with van der Waals surface area (Å²) in [5, 5.41) is 3.70. The fourth-order valence-electron chi connectivity index (χ4n) is 2.84. The molecule has 6 heteroatoms. The fourth-order valence-corrected chi connectivity index (χ4v) is 2.84. The molecule has 0 unspecified atom stereocenters. The van der Waals surface area contributed by atoms with Gasteiger partial charge in [-0.3, -0.25) is 20.4 Å². The predicted octanol–water partition coefficient (Wildman–Crippen LogP) is 4.18. The number of fused-ring (bicyclic) bond motifs is 1. The van der Waals surface area contributed by atoms with Gasteiger partial charge in [-0.2, -0.15) is 0 Å². The number of aromatic amines is 1. The first-order valence-electron chi connectivity index (χ1n) is 8.79. The maximum Gasteiger partial charge on any atom is 0.286 e. The van der Waals surface area contributed by atoms with Crippen LogP contribution < -0.4 is 16.2 Å². The first-order valence-corrected chi connectivity index (χ1v) is 8.79. The molecule has 0 aliphatic carbocycles. The molecular weight excluding hydrogens is 352 g/mol. The molecule has 0 saturated heterocycles. The molecule has 4 aromatic rings. The third kappa shape index (κ3) is 3.86. The van der Waals surface area contributed by atoms with Crippen LogP contribution in [0, 0.1) is 0 Å². The second kappa shape index (κ2) is 7.67. The van der Waals surface area contributed by atoms with Gasteiger partial charge in [-0.05, 0) is 48.5 Å². The number of hydrogen-bond donors (Lipinski definition) is 4. The number of aromatic nitrogens is 1. The normalized spacial score (nSPS) is 10.4. The van der Waals surface area contributed by atoms with E-state index in [0.717, 1.165) is 16.6 Å². The van der Waals surface area contributed by atoms with Crippen LogP contribution in [0.25, 0.3) is 10.9 Å². The fraction of sp³-hybridized carbons (Fsp3) is 0. The molecule has 4 rings (SSSR count). The molecule has 0 saturated carbocycles. The Balaban J connectivity index is 1.47. The van der Waals surface area contributed by atoms with Gasteiger partial charge in [0.25, 0.3) is 11.8 Å². The van der Waals surface area contributed by atoms with Gasteiger partial charge in [-0.15, -0.1) is 0 Å². The van der Waals surface area contributed by atoms with E-state index in [-0.39, 0.29) is 11.8 Å². The minimum atomic E-state index is -0.282. The maximum atomic E-state index is 12.4. The molecule has 3 aromatic carbocycles. The van der Waals surface area contributed by atoms with Gasteiger partial charge in [0, 0.05) is 22.2 Å². The quantitative estimate of drug-likeness (QED) is 0.398. The molecule has 138 valence electrons. The van der Waals surface area contributed by atoms with E-state index in [9.17, 15) is 9.59 Å². The van der Waals surface area contributed by atoms with Gasteiger partial charge in [-0.25, -0.2) is 0 Å². The van der Waals surface area contributed by atoms with Gasteiger partial charge in [0.2, 0.25) is 0 Å². The molecule has 0 radical (unpaired) electrons. The number of anilines is 2. The van der Waals surface area contributed by atoms with Crippen LogP contribution in [-0.2, 0) is 0 Å². The third-order valence-electron chi connectivity index (χ3n) is 4.25. The molecule has 1 heterocycles. The number of rotatable bonds is 5. The van der Waals surface area contributed by atoms with Gasteiger partial charge in [0.15, 0.2) is 0 Å². The van der Waals surface area contributed by atoms with E-state index in [1.165, 1.54) is 0 Å². The average molecular weight is 370 g/mol. The number of carbonyl (C=O) groups is 2. The molecule has 4 N–H and O–H groups in total. The van der Waals surface area contributed by atoms with Crippen molar-refractivity contribution in [2.75, 3.05) is 10.7 Å². The lowest BCUT2D eigenvalue weighted by Gasteiger charge is -2.06. The second-order valence-electron chi connectivity index (χ2n) is 6.25. The summed E-state index contributed by atoms with van der Waals surface area (Å²) >= 11 is 0. The summed E-state index contributed by atoms with van der Waals surface area (Å²) < 4.78 is 0. The van der Waals surface area contributed by atoms with Crippen molar-refractivity contribution < 1.29 is 9.59 Å². The Kier molecular flexibility index (Phi) is 4.76. The molecule has 1 aromatic heterocycles. The number of nitrogens with one attached hydrogen (secondary N) is 4. The van der Waals surface area contributed by atoms with Crippen LogP contribution >= 0.6 is 0 Å². The van der Waals surface area contributed by atoms with Gasteiger partial charge in [0.1, 0.15) is 5.69 Å². The predicted molar refractivity (Wildman–Crippen MR) is 110 cm³/mol. The standard InChI is InChI=1S/C22H18N4O2/c27-21(15-7-3-1-4-8-15)23-18-11-12-19-16(13-18)14-20(24-19)22(28)26-25-17-9-5-2-6-10-17/h1-14,24-25H,(H,23,27)(H,26,28). The third-order valence-corrected chi connectivity index (χ3v) is 4.25. The Hall–Kier alpha value is -4.06. The molecule has 6 nitrogen and oxygen atoms in total.